The first-order chi connectivity index (χ1) is 12.2. The lowest BCUT2D eigenvalue weighted by Gasteiger charge is -2.06. The molecule has 1 heterocycles. The van der Waals surface area contributed by atoms with E-state index in [2.05, 4.69) is 26.1 Å². The molecule has 3 rings (SSSR count). The molecule has 0 unspecified atom stereocenters. The van der Waals surface area contributed by atoms with E-state index in [-0.39, 0.29) is 12.2 Å². The Morgan fingerprint density at radius 1 is 1.24 bits per heavy atom. The standard InChI is InChI=1S/C16H13FN6O2/c17-15-4-2-1-3-12(15)9-18-20-16(24)10-25-14-7-5-13(6-8-14)23-11-19-21-22-23/h1-9,11H,10H2,(H,20,24). The molecule has 0 aliphatic heterocycles. The van der Waals surface area contributed by atoms with Gasteiger partial charge in [0.2, 0.25) is 0 Å². The number of rotatable bonds is 6. The van der Waals surface area contributed by atoms with Gasteiger partial charge >= 0.3 is 0 Å². The van der Waals surface area contributed by atoms with Crippen LogP contribution in [0, 0.1) is 5.82 Å². The van der Waals surface area contributed by atoms with Gasteiger partial charge in [0.25, 0.3) is 5.91 Å². The summed E-state index contributed by atoms with van der Waals surface area (Å²) in [5, 5.41) is 14.6. The number of ether oxygens (including phenoxy) is 1. The summed E-state index contributed by atoms with van der Waals surface area (Å²) in [4.78, 5) is 11.7. The second-order valence-electron chi connectivity index (χ2n) is 4.85. The van der Waals surface area contributed by atoms with Gasteiger partial charge in [-0.05, 0) is 40.8 Å². The first-order valence-corrected chi connectivity index (χ1v) is 7.25. The van der Waals surface area contributed by atoms with Crippen LogP contribution >= 0.6 is 0 Å². The van der Waals surface area contributed by atoms with Crippen LogP contribution in [0.3, 0.4) is 0 Å². The van der Waals surface area contributed by atoms with Gasteiger partial charge in [0.05, 0.1) is 11.9 Å². The molecule has 1 amide bonds. The van der Waals surface area contributed by atoms with Crippen molar-refractivity contribution in [1.82, 2.24) is 25.6 Å². The van der Waals surface area contributed by atoms with E-state index in [0.29, 0.717) is 5.75 Å². The average Bonchev–Trinajstić information content (AvgIpc) is 3.17. The lowest BCUT2D eigenvalue weighted by molar-refractivity contribution is -0.123. The number of hydrogen-bond acceptors (Lipinski definition) is 6. The molecule has 8 nitrogen and oxygen atoms in total. The molecule has 0 saturated heterocycles. The second-order valence-corrected chi connectivity index (χ2v) is 4.85. The molecule has 0 aliphatic rings. The van der Waals surface area contributed by atoms with Crippen molar-refractivity contribution < 1.29 is 13.9 Å². The molecule has 0 radical (unpaired) electrons. The number of aromatic nitrogens is 4. The van der Waals surface area contributed by atoms with Gasteiger partial charge in [-0.3, -0.25) is 4.79 Å². The molecule has 3 aromatic rings. The SMILES string of the molecule is O=C(COc1ccc(-n2cnnn2)cc1)NN=Cc1ccccc1F. The van der Waals surface area contributed by atoms with E-state index in [1.807, 2.05) is 0 Å². The Morgan fingerprint density at radius 2 is 2.04 bits per heavy atom. The molecule has 1 N–H and O–H groups in total. The van der Waals surface area contributed by atoms with Crippen LogP contribution in [-0.4, -0.2) is 38.9 Å². The van der Waals surface area contributed by atoms with Crippen molar-refractivity contribution in [3.05, 3.63) is 66.2 Å². The van der Waals surface area contributed by atoms with E-state index in [0.717, 1.165) is 5.69 Å². The van der Waals surface area contributed by atoms with Gasteiger partial charge in [-0.25, -0.2) is 14.5 Å². The minimum Gasteiger partial charge on any atom is -0.484 e. The Bertz CT molecular complexity index is 865. The van der Waals surface area contributed by atoms with Crippen LogP contribution in [-0.2, 0) is 4.79 Å². The van der Waals surface area contributed by atoms with E-state index in [1.54, 1.807) is 42.5 Å². The summed E-state index contributed by atoms with van der Waals surface area (Å²) < 4.78 is 20.2. The molecular weight excluding hydrogens is 327 g/mol. The molecule has 0 saturated carbocycles. The predicted octanol–water partition coefficient (Wildman–Crippen LogP) is 1.33. The zero-order valence-electron chi connectivity index (χ0n) is 12.9. The molecule has 0 atom stereocenters. The molecule has 2 aromatic carbocycles. The van der Waals surface area contributed by atoms with Crippen LogP contribution in [0.1, 0.15) is 5.56 Å². The third-order valence-corrected chi connectivity index (χ3v) is 3.12. The minimum atomic E-state index is -0.461. The number of tetrazole rings is 1. The van der Waals surface area contributed by atoms with Crippen molar-refractivity contribution in [2.45, 2.75) is 0 Å². The first kappa shape index (κ1) is 16.2. The van der Waals surface area contributed by atoms with Gasteiger partial charge in [0.1, 0.15) is 17.9 Å². The van der Waals surface area contributed by atoms with Crippen molar-refractivity contribution in [1.29, 1.82) is 0 Å². The monoisotopic (exact) mass is 340 g/mol. The highest BCUT2D eigenvalue weighted by Crippen LogP contribution is 2.14. The topological polar surface area (TPSA) is 94.3 Å². The third-order valence-electron chi connectivity index (χ3n) is 3.12. The number of hydrazone groups is 1. The maximum atomic E-state index is 13.4. The van der Waals surface area contributed by atoms with Gasteiger partial charge in [0, 0.05) is 5.56 Å². The lowest BCUT2D eigenvalue weighted by atomic mass is 10.2. The van der Waals surface area contributed by atoms with Crippen LogP contribution in [0.15, 0.2) is 60.0 Å². The summed E-state index contributed by atoms with van der Waals surface area (Å²) in [6, 6.07) is 13.0. The average molecular weight is 340 g/mol. The summed E-state index contributed by atoms with van der Waals surface area (Å²) >= 11 is 0. The Hall–Kier alpha value is -3.62. The normalized spacial score (nSPS) is 10.8. The van der Waals surface area contributed by atoms with Crippen molar-refractivity contribution in [2.75, 3.05) is 6.61 Å². The highest BCUT2D eigenvalue weighted by molar-refractivity contribution is 5.83. The third kappa shape index (κ3) is 4.44. The summed E-state index contributed by atoms with van der Waals surface area (Å²) in [5.41, 5.74) is 3.31. The van der Waals surface area contributed by atoms with E-state index in [9.17, 15) is 9.18 Å². The van der Waals surface area contributed by atoms with Crippen LogP contribution < -0.4 is 10.2 Å². The summed E-state index contributed by atoms with van der Waals surface area (Å²) in [6.45, 7) is -0.223. The van der Waals surface area contributed by atoms with Crippen LogP contribution in [0.2, 0.25) is 0 Å². The molecule has 0 spiro atoms. The number of carbonyl (C=O) groups is 1. The quantitative estimate of drug-likeness (QED) is 0.540. The highest BCUT2D eigenvalue weighted by atomic mass is 19.1. The molecule has 0 bridgehead atoms. The van der Waals surface area contributed by atoms with Crippen molar-refractivity contribution in [3.8, 4) is 11.4 Å². The first-order valence-electron chi connectivity index (χ1n) is 7.25. The maximum Gasteiger partial charge on any atom is 0.277 e. The summed E-state index contributed by atoms with van der Waals surface area (Å²) in [7, 11) is 0. The van der Waals surface area contributed by atoms with Gasteiger partial charge in [-0.15, -0.1) is 5.10 Å². The maximum absolute atomic E-state index is 13.4. The Labute approximate surface area is 141 Å². The zero-order valence-corrected chi connectivity index (χ0v) is 12.9. The van der Waals surface area contributed by atoms with E-state index in [4.69, 9.17) is 4.74 Å². The molecular formula is C16H13FN6O2. The Kier molecular flexibility index (Phi) is 5.05. The zero-order chi connectivity index (χ0) is 17.5. The fourth-order valence-corrected chi connectivity index (χ4v) is 1.91. The Balaban J connectivity index is 1.48. The predicted molar refractivity (Wildman–Crippen MR) is 86.8 cm³/mol. The van der Waals surface area contributed by atoms with Crippen LogP contribution in [0.4, 0.5) is 4.39 Å². The summed E-state index contributed by atoms with van der Waals surface area (Å²) in [5.74, 6) is -0.373. The largest absolute Gasteiger partial charge is 0.484 e. The number of benzene rings is 2. The molecule has 0 aliphatic carbocycles. The Morgan fingerprint density at radius 3 is 2.76 bits per heavy atom. The van der Waals surface area contributed by atoms with Gasteiger partial charge in [-0.1, -0.05) is 18.2 Å². The van der Waals surface area contributed by atoms with Crippen molar-refractivity contribution in [3.63, 3.8) is 0 Å². The number of amides is 1. The van der Waals surface area contributed by atoms with E-state index in [1.165, 1.54) is 23.3 Å². The molecule has 126 valence electrons. The van der Waals surface area contributed by atoms with Crippen LogP contribution in [0.25, 0.3) is 5.69 Å². The number of nitrogens with one attached hydrogen (secondary N) is 1. The summed E-state index contributed by atoms with van der Waals surface area (Å²) in [6.07, 6.45) is 2.70. The molecule has 1 aromatic heterocycles. The molecule has 9 heteroatoms. The molecule has 25 heavy (non-hydrogen) atoms. The fraction of sp³-hybridized carbons (Fsp3) is 0.0625. The second kappa shape index (κ2) is 7.77. The number of hydrogen-bond donors (Lipinski definition) is 1. The minimum absolute atomic E-state index is 0.223. The van der Waals surface area contributed by atoms with Gasteiger partial charge < -0.3 is 4.74 Å². The smallest absolute Gasteiger partial charge is 0.277 e. The van der Waals surface area contributed by atoms with Gasteiger partial charge in [0.15, 0.2) is 6.61 Å². The van der Waals surface area contributed by atoms with E-state index >= 15 is 0 Å². The number of halogens is 1. The number of carbonyl (C=O) groups excluding carboxylic acids is 1. The van der Waals surface area contributed by atoms with Crippen LogP contribution in [0.5, 0.6) is 5.75 Å². The van der Waals surface area contributed by atoms with Gasteiger partial charge in [-0.2, -0.15) is 5.10 Å². The molecule has 0 fully saturated rings. The number of nitrogens with zero attached hydrogens (tertiary/aromatic N) is 5. The fourth-order valence-electron chi connectivity index (χ4n) is 1.91. The lowest BCUT2D eigenvalue weighted by Crippen LogP contribution is -2.24. The highest BCUT2D eigenvalue weighted by Gasteiger charge is 2.03. The van der Waals surface area contributed by atoms with E-state index < -0.39 is 11.7 Å². The van der Waals surface area contributed by atoms with Crippen molar-refractivity contribution in [2.24, 2.45) is 5.10 Å². The van der Waals surface area contributed by atoms with Crippen molar-refractivity contribution >= 4 is 12.1 Å².